The summed E-state index contributed by atoms with van der Waals surface area (Å²) in [5, 5.41) is 20.3. The van der Waals surface area contributed by atoms with E-state index in [0.717, 1.165) is 5.69 Å². The van der Waals surface area contributed by atoms with Gasteiger partial charge in [0.1, 0.15) is 5.58 Å². The first-order valence-corrected chi connectivity index (χ1v) is 5.97. The molecule has 2 aromatic heterocycles. The molecule has 0 radical (unpaired) electrons. The Balaban J connectivity index is 2.63. The number of nitrogens with zero attached hydrogens (tertiary/aromatic N) is 1. The van der Waals surface area contributed by atoms with Crippen molar-refractivity contribution in [2.75, 3.05) is 7.11 Å². The molecule has 0 spiro atoms. The van der Waals surface area contributed by atoms with Gasteiger partial charge in [0.05, 0.1) is 12.5 Å². The normalized spacial score (nSPS) is 11.3. The number of fused-ring (bicyclic) bond motifs is 3. The van der Waals surface area contributed by atoms with E-state index in [4.69, 9.17) is 9.15 Å². The Kier molecular flexibility index (Phi) is 2.44. The fourth-order valence-corrected chi connectivity index (χ4v) is 2.32. The molecular weight excluding hydrogens is 262 g/mol. The Labute approximate surface area is 113 Å². The SMILES string of the molecule is COc1c(O)c(O)cc2c1oc1cc(C)n(C)c(=O)c12. The molecule has 0 atom stereocenters. The third kappa shape index (κ3) is 1.41. The first-order valence-electron chi connectivity index (χ1n) is 5.97. The lowest BCUT2D eigenvalue weighted by Crippen LogP contribution is -2.18. The van der Waals surface area contributed by atoms with E-state index < -0.39 is 5.75 Å². The number of pyridine rings is 1. The second-order valence-electron chi connectivity index (χ2n) is 4.65. The van der Waals surface area contributed by atoms with Crippen molar-refractivity contribution in [3.05, 3.63) is 28.2 Å². The van der Waals surface area contributed by atoms with Crippen LogP contribution in [0, 0.1) is 6.92 Å². The number of hydrogen-bond donors (Lipinski definition) is 2. The minimum atomic E-state index is -0.410. The van der Waals surface area contributed by atoms with E-state index in [1.54, 1.807) is 20.0 Å². The lowest BCUT2D eigenvalue weighted by atomic mass is 10.1. The standard InChI is InChI=1S/C14H13NO5/c1-6-4-9-10(14(18)15(6)2)7-5-8(16)11(17)13(19-3)12(7)20-9/h4-5,16-17H,1-3H3. The molecule has 0 aliphatic carbocycles. The molecule has 6 heteroatoms. The van der Waals surface area contributed by atoms with Crippen LogP contribution in [0.25, 0.3) is 21.9 Å². The van der Waals surface area contributed by atoms with Crippen molar-refractivity contribution in [1.29, 1.82) is 0 Å². The van der Waals surface area contributed by atoms with Gasteiger partial charge in [-0.05, 0) is 13.0 Å². The third-order valence-corrected chi connectivity index (χ3v) is 3.51. The fraction of sp³-hybridized carbons (Fsp3) is 0.214. The summed E-state index contributed by atoms with van der Waals surface area (Å²) in [4.78, 5) is 12.3. The van der Waals surface area contributed by atoms with Crippen LogP contribution in [0.15, 0.2) is 21.3 Å². The Morgan fingerprint density at radius 3 is 2.65 bits per heavy atom. The first kappa shape index (κ1) is 12.4. The summed E-state index contributed by atoms with van der Waals surface area (Å²) in [5.41, 5.74) is 1.14. The smallest absolute Gasteiger partial charge is 0.262 e. The third-order valence-electron chi connectivity index (χ3n) is 3.51. The number of aryl methyl sites for hydroxylation is 1. The summed E-state index contributed by atoms with van der Waals surface area (Å²) in [7, 11) is 3.01. The molecule has 0 saturated heterocycles. The highest BCUT2D eigenvalue weighted by Crippen LogP contribution is 2.44. The maximum Gasteiger partial charge on any atom is 0.262 e. The summed E-state index contributed by atoms with van der Waals surface area (Å²) in [5.74, 6) is -0.761. The molecule has 3 aromatic rings. The van der Waals surface area contributed by atoms with E-state index in [1.807, 2.05) is 0 Å². The van der Waals surface area contributed by atoms with E-state index in [0.29, 0.717) is 16.4 Å². The van der Waals surface area contributed by atoms with Crippen LogP contribution in [0.3, 0.4) is 0 Å². The van der Waals surface area contributed by atoms with Gasteiger partial charge in [0.2, 0.25) is 11.5 Å². The molecule has 2 heterocycles. The van der Waals surface area contributed by atoms with Crippen LogP contribution in [0.1, 0.15) is 5.69 Å². The van der Waals surface area contributed by atoms with E-state index in [9.17, 15) is 15.0 Å². The van der Waals surface area contributed by atoms with Gasteiger partial charge in [-0.25, -0.2) is 0 Å². The van der Waals surface area contributed by atoms with Gasteiger partial charge in [-0.15, -0.1) is 0 Å². The van der Waals surface area contributed by atoms with Gasteiger partial charge in [0, 0.05) is 24.2 Å². The molecule has 0 amide bonds. The lowest BCUT2D eigenvalue weighted by molar-refractivity contribution is 0.351. The molecule has 6 nitrogen and oxygen atoms in total. The number of ether oxygens (including phenoxy) is 1. The second-order valence-corrected chi connectivity index (χ2v) is 4.65. The van der Waals surface area contributed by atoms with Crippen molar-refractivity contribution in [3.8, 4) is 17.2 Å². The molecule has 104 valence electrons. The highest BCUT2D eigenvalue weighted by molar-refractivity contribution is 6.08. The Bertz CT molecular complexity index is 904. The van der Waals surface area contributed by atoms with Crippen molar-refractivity contribution >= 4 is 21.9 Å². The number of furan rings is 1. The molecule has 20 heavy (non-hydrogen) atoms. The zero-order valence-electron chi connectivity index (χ0n) is 11.2. The molecule has 0 bridgehead atoms. The Hall–Kier alpha value is -2.63. The molecule has 3 rings (SSSR count). The van der Waals surface area contributed by atoms with Crippen LogP contribution in [0.5, 0.6) is 17.2 Å². The van der Waals surface area contributed by atoms with E-state index in [1.165, 1.54) is 17.7 Å². The number of benzene rings is 1. The summed E-state index contributed by atoms with van der Waals surface area (Å²) >= 11 is 0. The number of methoxy groups -OCH3 is 1. The Morgan fingerprint density at radius 2 is 2.00 bits per heavy atom. The topological polar surface area (TPSA) is 84.8 Å². The molecule has 0 fully saturated rings. The predicted octanol–water partition coefficient (Wildman–Crippen LogP) is 2.01. The molecular formula is C14H13NO5. The maximum absolute atomic E-state index is 12.3. The molecule has 0 unspecified atom stereocenters. The number of rotatable bonds is 1. The van der Waals surface area contributed by atoms with Gasteiger partial charge >= 0.3 is 0 Å². The summed E-state index contributed by atoms with van der Waals surface area (Å²) in [6, 6.07) is 3.03. The zero-order valence-corrected chi connectivity index (χ0v) is 11.2. The zero-order chi connectivity index (χ0) is 14.6. The van der Waals surface area contributed by atoms with Gasteiger partial charge in [0.25, 0.3) is 5.56 Å². The van der Waals surface area contributed by atoms with Gasteiger partial charge in [0.15, 0.2) is 11.3 Å². The number of phenols is 2. The van der Waals surface area contributed by atoms with Crippen LogP contribution in [0.4, 0.5) is 0 Å². The fourth-order valence-electron chi connectivity index (χ4n) is 2.32. The highest BCUT2D eigenvalue weighted by atomic mass is 16.5. The number of hydrogen-bond acceptors (Lipinski definition) is 5. The Morgan fingerprint density at radius 1 is 1.30 bits per heavy atom. The molecule has 0 aliphatic heterocycles. The van der Waals surface area contributed by atoms with Crippen molar-refractivity contribution in [3.63, 3.8) is 0 Å². The van der Waals surface area contributed by atoms with Gasteiger partial charge < -0.3 is 23.9 Å². The predicted molar refractivity (Wildman–Crippen MR) is 73.6 cm³/mol. The number of aromatic nitrogens is 1. The molecule has 0 aliphatic rings. The van der Waals surface area contributed by atoms with Crippen molar-refractivity contribution < 1.29 is 19.4 Å². The van der Waals surface area contributed by atoms with Crippen LogP contribution >= 0.6 is 0 Å². The molecule has 0 saturated carbocycles. The first-order chi connectivity index (χ1) is 9.45. The van der Waals surface area contributed by atoms with E-state index in [2.05, 4.69) is 0 Å². The van der Waals surface area contributed by atoms with Crippen molar-refractivity contribution in [1.82, 2.24) is 4.57 Å². The van der Waals surface area contributed by atoms with E-state index >= 15 is 0 Å². The van der Waals surface area contributed by atoms with E-state index in [-0.39, 0.29) is 22.6 Å². The van der Waals surface area contributed by atoms with Crippen molar-refractivity contribution in [2.45, 2.75) is 6.92 Å². The molecule has 2 N–H and O–H groups in total. The quantitative estimate of drug-likeness (QED) is 0.664. The summed E-state index contributed by atoms with van der Waals surface area (Å²) in [6.45, 7) is 1.79. The van der Waals surface area contributed by atoms with Crippen LogP contribution < -0.4 is 10.3 Å². The minimum absolute atomic E-state index is 0.0101. The highest BCUT2D eigenvalue weighted by Gasteiger charge is 2.21. The van der Waals surface area contributed by atoms with Gasteiger partial charge in [-0.2, -0.15) is 0 Å². The number of aromatic hydroxyl groups is 2. The van der Waals surface area contributed by atoms with Gasteiger partial charge in [-0.3, -0.25) is 4.79 Å². The molecule has 1 aromatic carbocycles. The monoisotopic (exact) mass is 275 g/mol. The number of phenolic OH excluding ortho intramolecular Hbond substituents is 2. The summed E-state index contributed by atoms with van der Waals surface area (Å²) < 4.78 is 12.2. The second kappa shape index (κ2) is 3.93. The van der Waals surface area contributed by atoms with Crippen LogP contribution in [0.2, 0.25) is 0 Å². The largest absolute Gasteiger partial charge is 0.504 e. The lowest BCUT2D eigenvalue weighted by Gasteiger charge is -2.05. The summed E-state index contributed by atoms with van der Waals surface area (Å²) in [6.07, 6.45) is 0. The minimum Gasteiger partial charge on any atom is -0.504 e. The van der Waals surface area contributed by atoms with Gasteiger partial charge in [-0.1, -0.05) is 0 Å². The maximum atomic E-state index is 12.3. The average molecular weight is 275 g/mol. The van der Waals surface area contributed by atoms with Crippen LogP contribution in [-0.2, 0) is 7.05 Å². The average Bonchev–Trinajstić information content (AvgIpc) is 2.75. The van der Waals surface area contributed by atoms with Crippen molar-refractivity contribution in [2.24, 2.45) is 7.05 Å². The van der Waals surface area contributed by atoms with Crippen LogP contribution in [-0.4, -0.2) is 21.9 Å².